The van der Waals surface area contributed by atoms with E-state index in [0.29, 0.717) is 36.8 Å². The number of hydrogen-bond acceptors (Lipinski definition) is 6. The highest BCUT2D eigenvalue weighted by molar-refractivity contribution is 5.98. The molecule has 0 atom stereocenters. The molecule has 0 bridgehead atoms. The minimum atomic E-state index is -0.571. The molecule has 4 rings (SSSR count). The van der Waals surface area contributed by atoms with Crippen molar-refractivity contribution in [1.82, 2.24) is 4.90 Å². The van der Waals surface area contributed by atoms with Crippen molar-refractivity contribution in [1.29, 1.82) is 0 Å². The summed E-state index contributed by atoms with van der Waals surface area (Å²) in [5.74, 6) is -2.15. The number of hydrogen-bond donors (Lipinski definition) is 5. The average Bonchev–Trinajstić information content (AvgIpc) is 3.27. The highest BCUT2D eigenvalue weighted by atomic mass is 16.2. The van der Waals surface area contributed by atoms with Gasteiger partial charge in [0.1, 0.15) is 0 Å². The van der Waals surface area contributed by atoms with Gasteiger partial charge in [0.25, 0.3) is 5.91 Å². The quantitative estimate of drug-likeness (QED) is 0.339. The molecule has 2 aromatic carbocycles. The lowest BCUT2D eigenvalue weighted by Gasteiger charge is -2.23. The second-order valence-electron chi connectivity index (χ2n) is 10.3. The molecule has 1 aliphatic carbocycles. The monoisotopic (exact) mass is 580 g/mol. The molecule has 1 saturated heterocycles. The van der Waals surface area contributed by atoms with Crippen LogP contribution in [0.2, 0.25) is 0 Å². The summed E-state index contributed by atoms with van der Waals surface area (Å²) in [6, 6.07) is 12.5. The molecule has 12 heteroatoms. The molecule has 2 aliphatic rings. The summed E-state index contributed by atoms with van der Waals surface area (Å²) in [5.41, 5.74) is 27.0. The predicted molar refractivity (Wildman–Crippen MR) is 157 cm³/mol. The molecule has 42 heavy (non-hydrogen) atoms. The van der Waals surface area contributed by atoms with Gasteiger partial charge in [-0.1, -0.05) is 18.9 Å². The summed E-state index contributed by atoms with van der Waals surface area (Å²) >= 11 is 0. The number of rotatable bonds is 6. The van der Waals surface area contributed by atoms with Crippen LogP contribution in [-0.4, -0.2) is 53.4 Å². The zero-order valence-corrected chi connectivity index (χ0v) is 23.6. The Kier molecular flexibility index (Phi) is 13.2. The molecule has 1 heterocycles. The van der Waals surface area contributed by atoms with Gasteiger partial charge >= 0.3 is 0 Å². The van der Waals surface area contributed by atoms with Crippen LogP contribution < -0.4 is 28.7 Å². The number of carbonyl (C=O) groups excluding carboxylic acids is 6. The van der Waals surface area contributed by atoms with E-state index in [1.54, 1.807) is 30.3 Å². The first-order chi connectivity index (χ1) is 19.9. The van der Waals surface area contributed by atoms with E-state index >= 15 is 0 Å². The smallest absolute Gasteiger partial charge is 0.253 e. The number of likely N-dealkylation sites (tertiary alicyclic amines) is 1. The molecule has 226 valence electrons. The molecule has 2 fully saturated rings. The first kappa shape index (κ1) is 33.5. The van der Waals surface area contributed by atoms with E-state index in [2.05, 4.69) is 0 Å². The maximum Gasteiger partial charge on any atom is 0.253 e. The second kappa shape index (κ2) is 16.5. The Labute approximate surface area is 244 Å². The number of nitrogens with two attached hydrogens (primary N) is 5. The van der Waals surface area contributed by atoms with Crippen LogP contribution in [0, 0.1) is 11.8 Å². The van der Waals surface area contributed by atoms with E-state index in [1.165, 1.54) is 31.0 Å². The minimum Gasteiger partial charge on any atom is -0.369 e. The Hall–Kier alpha value is -4.74. The normalized spacial score (nSPS) is 18.0. The zero-order chi connectivity index (χ0) is 31.2. The Morgan fingerprint density at radius 1 is 0.524 bits per heavy atom. The van der Waals surface area contributed by atoms with Crippen molar-refractivity contribution in [2.24, 2.45) is 40.5 Å². The van der Waals surface area contributed by atoms with Crippen LogP contribution in [0.25, 0.3) is 0 Å². The van der Waals surface area contributed by atoms with Crippen molar-refractivity contribution in [3.8, 4) is 0 Å². The summed E-state index contributed by atoms with van der Waals surface area (Å²) < 4.78 is 0. The van der Waals surface area contributed by atoms with Crippen LogP contribution in [0.3, 0.4) is 0 Å². The van der Waals surface area contributed by atoms with Crippen molar-refractivity contribution in [3.05, 3.63) is 70.8 Å². The van der Waals surface area contributed by atoms with Crippen molar-refractivity contribution in [2.45, 2.75) is 51.4 Å². The van der Waals surface area contributed by atoms with Crippen LogP contribution in [0.1, 0.15) is 92.8 Å². The van der Waals surface area contributed by atoms with Gasteiger partial charge in [0.15, 0.2) is 0 Å². The molecule has 12 nitrogen and oxygen atoms in total. The van der Waals surface area contributed by atoms with Crippen molar-refractivity contribution >= 4 is 35.4 Å². The second-order valence-corrected chi connectivity index (χ2v) is 10.3. The van der Waals surface area contributed by atoms with Crippen LogP contribution in [0.5, 0.6) is 0 Å². The largest absolute Gasteiger partial charge is 0.369 e. The Bertz CT molecular complexity index is 1210. The molecule has 0 radical (unpaired) electrons. The maximum atomic E-state index is 12.2. The van der Waals surface area contributed by atoms with E-state index in [1.807, 2.05) is 4.90 Å². The molecule has 0 spiro atoms. The fraction of sp³-hybridized carbons (Fsp3) is 0.400. The van der Waals surface area contributed by atoms with E-state index in [4.69, 9.17) is 28.7 Å². The average molecular weight is 581 g/mol. The topological polar surface area (TPSA) is 236 Å². The number of benzene rings is 2. The zero-order valence-electron chi connectivity index (χ0n) is 23.6. The van der Waals surface area contributed by atoms with Crippen LogP contribution >= 0.6 is 0 Å². The lowest BCUT2D eigenvalue weighted by molar-refractivity contribution is -0.127. The SMILES string of the molecule is NC(=O)C1CCC(C(N)=O)CC1.NC(=O)c1ccc(C(=O)N2CCCCCC2)cc1.NC(=O)c1cccc(C(N)=O)c1. The van der Waals surface area contributed by atoms with E-state index in [0.717, 1.165) is 25.9 Å². The molecular weight excluding hydrogens is 540 g/mol. The van der Waals surface area contributed by atoms with Gasteiger partial charge in [-0.25, -0.2) is 0 Å². The Morgan fingerprint density at radius 2 is 0.905 bits per heavy atom. The third-order valence-corrected chi connectivity index (χ3v) is 7.27. The fourth-order valence-corrected chi connectivity index (χ4v) is 4.72. The summed E-state index contributed by atoms with van der Waals surface area (Å²) in [6.07, 6.45) is 7.39. The van der Waals surface area contributed by atoms with E-state index in [9.17, 15) is 28.8 Å². The maximum absolute atomic E-state index is 12.2. The van der Waals surface area contributed by atoms with Crippen molar-refractivity contribution in [3.63, 3.8) is 0 Å². The van der Waals surface area contributed by atoms with Gasteiger partial charge in [-0.05, 0) is 81.0 Å². The molecule has 1 saturated carbocycles. The van der Waals surface area contributed by atoms with Gasteiger partial charge < -0.3 is 33.6 Å². The highest BCUT2D eigenvalue weighted by Crippen LogP contribution is 2.28. The van der Waals surface area contributed by atoms with E-state index < -0.39 is 17.7 Å². The van der Waals surface area contributed by atoms with Crippen molar-refractivity contribution < 1.29 is 28.8 Å². The molecule has 1 aliphatic heterocycles. The van der Waals surface area contributed by atoms with Crippen LogP contribution in [0.4, 0.5) is 0 Å². The number of nitrogens with zero attached hydrogens (tertiary/aromatic N) is 1. The van der Waals surface area contributed by atoms with Gasteiger partial charge in [0, 0.05) is 47.2 Å². The third-order valence-electron chi connectivity index (χ3n) is 7.27. The fourth-order valence-electron chi connectivity index (χ4n) is 4.72. The Morgan fingerprint density at radius 3 is 1.26 bits per heavy atom. The van der Waals surface area contributed by atoms with Gasteiger partial charge in [0.05, 0.1) is 0 Å². The summed E-state index contributed by atoms with van der Waals surface area (Å²) in [6.45, 7) is 1.66. The van der Waals surface area contributed by atoms with Crippen molar-refractivity contribution in [2.75, 3.05) is 13.1 Å². The Balaban J connectivity index is 0.000000228. The minimum absolute atomic E-state index is 0.0411. The van der Waals surface area contributed by atoms with Crippen LogP contribution in [-0.2, 0) is 9.59 Å². The van der Waals surface area contributed by atoms with E-state index in [-0.39, 0.29) is 40.7 Å². The summed E-state index contributed by atoms with van der Waals surface area (Å²) in [7, 11) is 0. The third kappa shape index (κ3) is 10.7. The molecule has 10 N–H and O–H groups in total. The lowest BCUT2D eigenvalue weighted by atomic mass is 9.81. The predicted octanol–water partition coefficient (Wildman–Crippen LogP) is 1.45. The summed E-state index contributed by atoms with van der Waals surface area (Å²) in [5, 5.41) is 0. The number of carbonyl (C=O) groups is 6. The lowest BCUT2D eigenvalue weighted by Crippen LogP contribution is -2.32. The molecular formula is C30H40N6O6. The standard InChI is InChI=1S/C14H18N2O2.C8H14N2O2.C8H8N2O2/c15-13(17)11-5-7-12(8-6-11)14(18)16-9-3-1-2-4-10-16;9-7(11)5-1-2-6(4-3-5)8(10)12;9-7(11)5-2-1-3-6(4-5)8(10)12/h5-8H,1-4,9-10H2,(H2,15,17);5-6H,1-4H2,(H2,9,11)(H2,10,12);1-4H,(H2,9,11)(H2,10,12). The highest BCUT2D eigenvalue weighted by Gasteiger charge is 2.27. The number of amides is 6. The summed E-state index contributed by atoms with van der Waals surface area (Å²) in [4.78, 5) is 67.9. The molecule has 0 unspecified atom stereocenters. The molecule has 6 amide bonds. The molecule has 2 aromatic rings. The number of primary amides is 5. The molecule has 0 aromatic heterocycles. The van der Waals surface area contributed by atoms with Gasteiger partial charge in [-0.15, -0.1) is 0 Å². The van der Waals surface area contributed by atoms with Gasteiger partial charge in [-0.2, -0.15) is 0 Å². The van der Waals surface area contributed by atoms with Gasteiger partial charge in [-0.3, -0.25) is 28.8 Å². The first-order valence-corrected chi connectivity index (χ1v) is 13.9. The van der Waals surface area contributed by atoms with Gasteiger partial charge in [0.2, 0.25) is 29.5 Å². The first-order valence-electron chi connectivity index (χ1n) is 13.9. The van der Waals surface area contributed by atoms with Crippen LogP contribution in [0.15, 0.2) is 48.5 Å².